The van der Waals surface area contributed by atoms with Crippen molar-refractivity contribution < 1.29 is 14.7 Å². The first-order chi connectivity index (χ1) is 5.49. The van der Waals surface area contributed by atoms with Crippen LogP contribution in [0.4, 0.5) is 0 Å². The third-order valence-electron chi connectivity index (χ3n) is 1.57. The Balaban J connectivity index is 4.14. The van der Waals surface area contributed by atoms with Crippen LogP contribution in [0.1, 0.15) is 27.2 Å². The zero-order chi connectivity index (χ0) is 9.72. The molecule has 0 unspecified atom stereocenters. The van der Waals surface area contributed by atoms with E-state index in [9.17, 15) is 9.59 Å². The Labute approximate surface area is 72.0 Å². The molecule has 0 aromatic carbocycles. The molecule has 0 saturated heterocycles. The molecular formula is C8H15NO3. The van der Waals surface area contributed by atoms with Gasteiger partial charge in [0.2, 0.25) is 5.91 Å². The highest BCUT2D eigenvalue weighted by Gasteiger charge is 2.22. The largest absolute Gasteiger partial charge is 0.480 e. The molecule has 0 spiro atoms. The maximum absolute atomic E-state index is 10.9. The van der Waals surface area contributed by atoms with Crippen LogP contribution in [0.5, 0.6) is 0 Å². The van der Waals surface area contributed by atoms with Crippen LogP contribution < -0.4 is 5.32 Å². The standard InChI is InChI=1S/C8H15NO3/c1-4-6(10)9-7(5(2)3)8(11)12/h5,7H,4H2,1-3H3,(H,9,10)(H,11,12)/t7-/m1/s1. The van der Waals surface area contributed by atoms with Crippen molar-refractivity contribution in [3.05, 3.63) is 0 Å². The van der Waals surface area contributed by atoms with Crippen LogP contribution >= 0.6 is 0 Å². The molecule has 0 aromatic rings. The quantitative estimate of drug-likeness (QED) is 0.655. The molecule has 0 bridgehead atoms. The van der Waals surface area contributed by atoms with Crippen molar-refractivity contribution in [1.29, 1.82) is 0 Å². The first-order valence-corrected chi connectivity index (χ1v) is 4.01. The molecule has 0 rings (SSSR count). The topological polar surface area (TPSA) is 66.4 Å². The summed E-state index contributed by atoms with van der Waals surface area (Å²) in [5.74, 6) is -1.29. The van der Waals surface area contributed by atoms with E-state index in [1.165, 1.54) is 0 Å². The zero-order valence-electron chi connectivity index (χ0n) is 7.63. The normalized spacial score (nSPS) is 12.7. The fourth-order valence-corrected chi connectivity index (χ4v) is 0.789. The Kier molecular flexibility index (Phi) is 4.33. The van der Waals surface area contributed by atoms with Crippen molar-refractivity contribution in [1.82, 2.24) is 5.32 Å². The number of carboxylic acids is 1. The molecule has 0 aliphatic rings. The molecule has 12 heavy (non-hydrogen) atoms. The van der Waals surface area contributed by atoms with Crippen LogP contribution in [-0.4, -0.2) is 23.0 Å². The summed E-state index contributed by atoms with van der Waals surface area (Å²) in [5, 5.41) is 11.1. The third-order valence-corrected chi connectivity index (χ3v) is 1.57. The number of rotatable bonds is 4. The Morgan fingerprint density at radius 3 is 2.17 bits per heavy atom. The Bertz CT molecular complexity index is 177. The monoisotopic (exact) mass is 173 g/mol. The zero-order valence-corrected chi connectivity index (χ0v) is 7.63. The second-order valence-corrected chi connectivity index (χ2v) is 2.98. The van der Waals surface area contributed by atoms with Gasteiger partial charge in [-0.1, -0.05) is 20.8 Å². The first-order valence-electron chi connectivity index (χ1n) is 4.01. The summed E-state index contributed by atoms with van der Waals surface area (Å²) < 4.78 is 0. The van der Waals surface area contributed by atoms with Gasteiger partial charge < -0.3 is 10.4 Å². The minimum Gasteiger partial charge on any atom is -0.480 e. The third kappa shape index (κ3) is 3.37. The predicted octanol–water partition coefficient (Wildman–Crippen LogP) is 0.622. The van der Waals surface area contributed by atoms with Crippen molar-refractivity contribution in [3.63, 3.8) is 0 Å². The van der Waals surface area contributed by atoms with Gasteiger partial charge in [0.1, 0.15) is 6.04 Å². The van der Waals surface area contributed by atoms with Crippen molar-refractivity contribution in [3.8, 4) is 0 Å². The van der Waals surface area contributed by atoms with E-state index in [4.69, 9.17) is 5.11 Å². The molecular weight excluding hydrogens is 158 g/mol. The van der Waals surface area contributed by atoms with Crippen LogP contribution in [0.15, 0.2) is 0 Å². The van der Waals surface area contributed by atoms with Crippen molar-refractivity contribution in [2.75, 3.05) is 0 Å². The minimum atomic E-state index is -0.980. The summed E-state index contributed by atoms with van der Waals surface area (Å²) >= 11 is 0. The van der Waals surface area contributed by atoms with E-state index in [2.05, 4.69) is 5.32 Å². The van der Waals surface area contributed by atoms with E-state index in [1.807, 2.05) is 0 Å². The van der Waals surface area contributed by atoms with Gasteiger partial charge >= 0.3 is 5.97 Å². The molecule has 4 nitrogen and oxygen atoms in total. The minimum absolute atomic E-state index is 0.0852. The molecule has 2 N–H and O–H groups in total. The molecule has 0 heterocycles. The summed E-state index contributed by atoms with van der Waals surface area (Å²) in [4.78, 5) is 21.4. The first kappa shape index (κ1) is 10.9. The summed E-state index contributed by atoms with van der Waals surface area (Å²) in [6, 6.07) is -0.766. The van der Waals surface area contributed by atoms with Gasteiger partial charge in [0, 0.05) is 6.42 Å². The highest BCUT2D eigenvalue weighted by Crippen LogP contribution is 2.01. The number of amides is 1. The maximum atomic E-state index is 10.9. The Morgan fingerprint density at radius 2 is 1.92 bits per heavy atom. The molecule has 0 aliphatic carbocycles. The van der Waals surface area contributed by atoms with Gasteiger partial charge in [0.05, 0.1) is 0 Å². The van der Waals surface area contributed by atoms with E-state index < -0.39 is 12.0 Å². The molecule has 1 atom stereocenters. The number of carbonyl (C=O) groups is 2. The number of nitrogens with one attached hydrogen (secondary N) is 1. The van der Waals surface area contributed by atoms with Crippen LogP contribution in [-0.2, 0) is 9.59 Å². The van der Waals surface area contributed by atoms with Gasteiger partial charge in [0.25, 0.3) is 0 Å². The summed E-state index contributed by atoms with van der Waals surface area (Å²) in [6.07, 6.45) is 0.316. The van der Waals surface area contributed by atoms with Crippen LogP contribution in [0.25, 0.3) is 0 Å². The van der Waals surface area contributed by atoms with E-state index >= 15 is 0 Å². The smallest absolute Gasteiger partial charge is 0.326 e. The summed E-state index contributed by atoms with van der Waals surface area (Å²) in [7, 11) is 0. The van der Waals surface area contributed by atoms with E-state index in [0.29, 0.717) is 6.42 Å². The second kappa shape index (κ2) is 4.74. The summed E-state index contributed by atoms with van der Waals surface area (Å²) in [5.41, 5.74) is 0. The van der Waals surface area contributed by atoms with Gasteiger partial charge in [-0.3, -0.25) is 4.79 Å². The lowest BCUT2D eigenvalue weighted by Crippen LogP contribution is -2.44. The van der Waals surface area contributed by atoms with Gasteiger partial charge in [-0.05, 0) is 5.92 Å². The average molecular weight is 173 g/mol. The van der Waals surface area contributed by atoms with Gasteiger partial charge in [-0.15, -0.1) is 0 Å². The molecule has 0 saturated carbocycles. The van der Waals surface area contributed by atoms with Crippen molar-refractivity contribution in [2.24, 2.45) is 5.92 Å². The highest BCUT2D eigenvalue weighted by molar-refractivity contribution is 5.83. The van der Waals surface area contributed by atoms with Gasteiger partial charge in [0.15, 0.2) is 0 Å². The molecule has 0 radical (unpaired) electrons. The number of carbonyl (C=O) groups excluding carboxylic acids is 1. The number of hydrogen-bond donors (Lipinski definition) is 2. The summed E-state index contributed by atoms with van der Waals surface area (Å²) in [6.45, 7) is 5.21. The lowest BCUT2D eigenvalue weighted by molar-refractivity contribution is -0.143. The fraction of sp³-hybridized carbons (Fsp3) is 0.750. The lowest BCUT2D eigenvalue weighted by atomic mass is 10.0. The van der Waals surface area contributed by atoms with E-state index in [0.717, 1.165) is 0 Å². The molecule has 0 fully saturated rings. The fourth-order valence-electron chi connectivity index (χ4n) is 0.789. The SMILES string of the molecule is CCC(=O)N[C@@H](C(=O)O)C(C)C. The lowest BCUT2D eigenvalue weighted by Gasteiger charge is -2.17. The second-order valence-electron chi connectivity index (χ2n) is 2.98. The van der Waals surface area contributed by atoms with E-state index in [1.54, 1.807) is 20.8 Å². The van der Waals surface area contributed by atoms with Crippen LogP contribution in [0.2, 0.25) is 0 Å². The number of aliphatic carboxylic acids is 1. The Hall–Kier alpha value is -1.06. The molecule has 0 aromatic heterocycles. The van der Waals surface area contributed by atoms with Gasteiger partial charge in [-0.2, -0.15) is 0 Å². The van der Waals surface area contributed by atoms with Gasteiger partial charge in [-0.25, -0.2) is 4.79 Å². The molecule has 4 heteroatoms. The molecule has 0 aliphatic heterocycles. The van der Waals surface area contributed by atoms with Crippen molar-refractivity contribution in [2.45, 2.75) is 33.2 Å². The average Bonchev–Trinajstić information content (AvgIpc) is 1.98. The van der Waals surface area contributed by atoms with Crippen molar-refractivity contribution >= 4 is 11.9 Å². The predicted molar refractivity (Wildman–Crippen MR) is 44.7 cm³/mol. The van der Waals surface area contributed by atoms with Crippen LogP contribution in [0.3, 0.4) is 0 Å². The highest BCUT2D eigenvalue weighted by atomic mass is 16.4. The molecule has 70 valence electrons. The maximum Gasteiger partial charge on any atom is 0.326 e. The number of carboxylic acid groups (broad SMARTS) is 1. The van der Waals surface area contributed by atoms with E-state index in [-0.39, 0.29) is 11.8 Å². The number of hydrogen-bond acceptors (Lipinski definition) is 2. The Morgan fingerprint density at radius 1 is 1.42 bits per heavy atom. The molecule has 1 amide bonds. The van der Waals surface area contributed by atoms with Crippen LogP contribution in [0, 0.1) is 5.92 Å².